The second kappa shape index (κ2) is 4.00. The number of aryl methyl sites for hydroxylation is 1. The van der Waals surface area contributed by atoms with Gasteiger partial charge in [0.15, 0.2) is 0 Å². The van der Waals surface area contributed by atoms with Crippen LogP contribution >= 0.6 is 0 Å². The summed E-state index contributed by atoms with van der Waals surface area (Å²) in [5.74, 6) is 1.03. The van der Waals surface area contributed by atoms with Crippen LogP contribution in [0.15, 0.2) is 18.2 Å². The van der Waals surface area contributed by atoms with Gasteiger partial charge in [0.2, 0.25) is 0 Å². The average molecular weight is 166 g/mol. The van der Waals surface area contributed by atoms with Crippen LogP contribution in [-0.4, -0.2) is 11.7 Å². The molecule has 0 atom stereocenters. The molecule has 0 unspecified atom stereocenters. The molecule has 0 saturated carbocycles. The Kier molecular flexibility index (Phi) is 2.97. The van der Waals surface area contributed by atoms with Gasteiger partial charge in [-0.05, 0) is 25.0 Å². The zero-order valence-corrected chi connectivity index (χ0v) is 7.50. The number of benzene rings is 1. The monoisotopic (exact) mass is 166 g/mol. The first-order valence-electron chi connectivity index (χ1n) is 4.16. The molecule has 0 amide bonds. The largest absolute Gasteiger partial charge is 0.508 e. The summed E-state index contributed by atoms with van der Waals surface area (Å²) in [5.41, 5.74) is 1.06. The van der Waals surface area contributed by atoms with Crippen molar-refractivity contribution in [2.24, 2.45) is 0 Å². The minimum Gasteiger partial charge on any atom is -0.508 e. The van der Waals surface area contributed by atoms with Crippen molar-refractivity contribution in [2.45, 2.75) is 20.3 Å². The second-order valence-electron chi connectivity index (χ2n) is 2.80. The smallest absolute Gasteiger partial charge is 0.125 e. The van der Waals surface area contributed by atoms with Crippen LogP contribution in [0.4, 0.5) is 0 Å². The summed E-state index contributed by atoms with van der Waals surface area (Å²) in [6.45, 7) is 4.72. The van der Waals surface area contributed by atoms with Gasteiger partial charge >= 0.3 is 0 Å². The van der Waals surface area contributed by atoms with E-state index in [2.05, 4.69) is 6.92 Å². The van der Waals surface area contributed by atoms with Crippen LogP contribution in [0, 0.1) is 6.92 Å². The summed E-state index contributed by atoms with van der Waals surface area (Å²) in [4.78, 5) is 0. The Morgan fingerprint density at radius 3 is 2.83 bits per heavy atom. The maximum Gasteiger partial charge on any atom is 0.125 e. The molecule has 0 bridgehead atoms. The molecule has 0 aliphatic carbocycles. The molecule has 0 spiro atoms. The van der Waals surface area contributed by atoms with E-state index in [1.807, 2.05) is 13.0 Å². The van der Waals surface area contributed by atoms with Crippen molar-refractivity contribution in [2.75, 3.05) is 6.61 Å². The molecule has 1 aromatic carbocycles. The van der Waals surface area contributed by atoms with Crippen LogP contribution in [0.2, 0.25) is 0 Å². The van der Waals surface area contributed by atoms with Gasteiger partial charge in [0, 0.05) is 6.07 Å². The fourth-order valence-electron chi connectivity index (χ4n) is 0.956. The summed E-state index contributed by atoms with van der Waals surface area (Å²) >= 11 is 0. The molecule has 1 N–H and O–H groups in total. The number of phenols is 1. The molecule has 66 valence electrons. The van der Waals surface area contributed by atoms with Crippen molar-refractivity contribution in [1.29, 1.82) is 0 Å². The first-order chi connectivity index (χ1) is 5.74. The molecule has 1 aromatic rings. The maximum absolute atomic E-state index is 9.16. The molecule has 0 fully saturated rings. The van der Waals surface area contributed by atoms with Gasteiger partial charge < -0.3 is 9.84 Å². The van der Waals surface area contributed by atoms with Crippen LogP contribution in [0.1, 0.15) is 18.9 Å². The normalized spacial score (nSPS) is 9.83. The zero-order chi connectivity index (χ0) is 8.97. The molecule has 0 aliphatic heterocycles. The molecule has 0 heterocycles. The van der Waals surface area contributed by atoms with Crippen molar-refractivity contribution < 1.29 is 9.84 Å². The number of ether oxygens (including phenoxy) is 1. The highest BCUT2D eigenvalue weighted by molar-refractivity contribution is 5.38. The van der Waals surface area contributed by atoms with E-state index >= 15 is 0 Å². The molecule has 0 aromatic heterocycles. The van der Waals surface area contributed by atoms with E-state index in [-0.39, 0.29) is 5.75 Å². The van der Waals surface area contributed by atoms with E-state index in [1.54, 1.807) is 12.1 Å². The molecular weight excluding hydrogens is 152 g/mol. The molecular formula is C10H14O2. The third-order valence-electron chi connectivity index (χ3n) is 1.63. The van der Waals surface area contributed by atoms with Gasteiger partial charge in [0.1, 0.15) is 11.5 Å². The number of hydrogen-bond donors (Lipinski definition) is 1. The van der Waals surface area contributed by atoms with Crippen molar-refractivity contribution in [3.63, 3.8) is 0 Å². The van der Waals surface area contributed by atoms with Crippen molar-refractivity contribution in [1.82, 2.24) is 0 Å². The zero-order valence-electron chi connectivity index (χ0n) is 7.50. The first-order valence-corrected chi connectivity index (χ1v) is 4.16. The molecule has 2 nitrogen and oxygen atoms in total. The van der Waals surface area contributed by atoms with Crippen LogP contribution in [0.5, 0.6) is 11.5 Å². The highest BCUT2D eigenvalue weighted by Gasteiger charge is 1.99. The quantitative estimate of drug-likeness (QED) is 0.747. The predicted molar refractivity (Wildman–Crippen MR) is 48.6 cm³/mol. The summed E-state index contributed by atoms with van der Waals surface area (Å²) in [6, 6.07) is 5.15. The van der Waals surface area contributed by atoms with E-state index in [1.165, 1.54) is 0 Å². The van der Waals surface area contributed by atoms with Crippen LogP contribution in [-0.2, 0) is 0 Å². The molecule has 12 heavy (non-hydrogen) atoms. The molecule has 0 aliphatic rings. The van der Waals surface area contributed by atoms with Gasteiger partial charge in [-0.2, -0.15) is 0 Å². The number of hydrogen-bond acceptors (Lipinski definition) is 2. The number of aromatic hydroxyl groups is 1. The lowest BCUT2D eigenvalue weighted by Crippen LogP contribution is -1.96. The molecule has 0 saturated heterocycles. The van der Waals surface area contributed by atoms with Crippen LogP contribution in [0.3, 0.4) is 0 Å². The third kappa shape index (κ3) is 2.16. The predicted octanol–water partition coefficient (Wildman–Crippen LogP) is 2.49. The molecule has 1 rings (SSSR count). The van der Waals surface area contributed by atoms with E-state index < -0.39 is 0 Å². The Labute approximate surface area is 72.8 Å². The van der Waals surface area contributed by atoms with Gasteiger partial charge in [-0.25, -0.2) is 0 Å². The standard InChI is InChI=1S/C10H14O2/c1-3-6-12-10-7-9(11)5-4-8(10)2/h4-5,7,11H,3,6H2,1-2H3. The average Bonchev–Trinajstić information content (AvgIpc) is 2.07. The van der Waals surface area contributed by atoms with E-state index in [9.17, 15) is 0 Å². The van der Waals surface area contributed by atoms with Gasteiger partial charge in [0.25, 0.3) is 0 Å². The van der Waals surface area contributed by atoms with Crippen LogP contribution < -0.4 is 4.74 Å². The topological polar surface area (TPSA) is 29.5 Å². The first kappa shape index (κ1) is 8.91. The van der Waals surface area contributed by atoms with E-state index in [0.717, 1.165) is 17.7 Å². The Hall–Kier alpha value is -1.18. The highest BCUT2D eigenvalue weighted by atomic mass is 16.5. The minimum absolute atomic E-state index is 0.256. The summed E-state index contributed by atoms with van der Waals surface area (Å²) in [7, 11) is 0. The Morgan fingerprint density at radius 1 is 1.42 bits per heavy atom. The Bertz CT molecular complexity index is 256. The second-order valence-corrected chi connectivity index (χ2v) is 2.80. The van der Waals surface area contributed by atoms with Crippen LogP contribution in [0.25, 0.3) is 0 Å². The van der Waals surface area contributed by atoms with E-state index in [0.29, 0.717) is 6.61 Å². The SMILES string of the molecule is CCCOc1cc(O)ccc1C. The van der Waals surface area contributed by atoms with Crippen molar-refractivity contribution in [3.05, 3.63) is 23.8 Å². The highest BCUT2D eigenvalue weighted by Crippen LogP contribution is 2.22. The minimum atomic E-state index is 0.256. The maximum atomic E-state index is 9.16. The Morgan fingerprint density at radius 2 is 2.17 bits per heavy atom. The summed E-state index contributed by atoms with van der Waals surface area (Å²) < 4.78 is 5.41. The fraction of sp³-hybridized carbons (Fsp3) is 0.400. The molecule has 2 heteroatoms. The summed E-state index contributed by atoms with van der Waals surface area (Å²) in [5, 5.41) is 9.16. The summed E-state index contributed by atoms with van der Waals surface area (Å²) in [6.07, 6.45) is 0.981. The third-order valence-corrected chi connectivity index (χ3v) is 1.63. The van der Waals surface area contributed by atoms with Gasteiger partial charge in [-0.1, -0.05) is 13.0 Å². The van der Waals surface area contributed by atoms with Gasteiger partial charge in [0.05, 0.1) is 6.61 Å². The van der Waals surface area contributed by atoms with Crippen molar-refractivity contribution >= 4 is 0 Å². The van der Waals surface area contributed by atoms with Gasteiger partial charge in [-0.15, -0.1) is 0 Å². The van der Waals surface area contributed by atoms with E-state index in [4.69, 9.17) is 9.84 Å². The molecule has 0 radical (unpaired) electrons. The fourth-order valence-corrected chi connectivity index (χ4v) is 0.956. The lowest BCUT2D eigenvalue weighted by atomic mass is 10.2. The number of phenolic OH excluding ortho intramolecular Hbond substituents is 1. The number of rotatable bonds is 3. The van der Waals surface area contributed by atoms with Crippen molar-refractivity contribution in [3.8, 4) is 11.5 Å². The van der Waals surface area contributed by atoms with Gasteiger partial charge in [-0.3, -0.25) is 0 Å². The lowest BCUT2D eigenvalue weighted by molar-refractivity contribution is 0.313. The Balaban J connectivity index is 2.75. The lowest BCUT2D eigenvalue weighted by Gasteiger charge is -2.07.